The van der Waals surface area contributed by atoms with Crippen molar-refractivity contribution in [2.75, 3.05) is 0 Å². The predicted molar refractivity (Wildman–Crippen MR) is 212 cm³/mol. The number of para-hydroxylation sites is 2. The van der Waals surface area contributed by atoms with Gasteiger partial charge in [0.05, 0.1) is 15.7 Å². The van der Waals surface area contributed by atoms with Crippen molar-refractivity contribution in [3.8, 4) is 28.5 Å². The standard InChI is InChI=1S/C45H28N4OS/c1-3-11-27(12-4-1)43-46-44(28-13-5-2-6-14-28)48-45(47-43)29-19-24-39-36(25-29)34-22-23-35-33-21-20-30(26-40(33)51-42(35)41(34)50-39)49-37-17-9-7-15-31(37)32-16-8-10-18-38(32)49/h1,3-5,7-26H,2,6H2. The second kappa shape index (κ2) is 11.1. The highest BCUT2D eigenvalue weighted by molar-refractivity contribution is 7.26. The van der Waals surface area contributed by atoms with Crippen molar-refractivity contribution >= 4 is 80.8 Å². The zero-order valence-electron chi connectivity index (χ0n) is 27.4. The van der Waals surface area contributed by atoms with Gasteiger partial charge in [0.25, 0.3) is 0 Å². The summed E-state index contributed by atoms with van der Waals surface area (Å²) in [4.78, 5) is 14.9. The Morgan fingerprint density at radius 1 is 0.549 bits per heavy atom. The lowest BCUT2D eigenvalue weighted by molar-refractivity contribution is 0.673. The fourth-order valence-corrected chi connectivity index (χ4v) is 8.89. The van der Waals surface area contributed by atoms with Crippen molar-refractivity contribution in [1.29, 1.82) is 0 Å². The Bertz CT molecular complexity index is 3040. The van der Waals surface area contributed by atoms with Crippen molar-refractivity contribution < 1.29 is 4.42 Å². The van der Waals surface area contributed by atoms with E-state index in [1.807, 2.05) is 30.3 Å². The van der Waals surface area contributed by atoms with Gasteiger partial charge in [0.15, 0.2) is 23.1 Å². The lowest BCUT2D eigenvalue weighted by atomic mass is 10.1. The Morgan fingerprint density at radius 3 is 2.04 bits per heavy atom. The first-order valence-corrected chi connectivity index (χ1v) is 18.1. The summed E-state index contributed by atoms with van der Waals surface area (Å²) in [6.45, 7) is 0. The minimum absolute atomic E-state index is 0.649. The zero-order chi connectivity index (χ0) is 33.5. The summed E-state index contributed by atoms with van der Waals surface area (Å²) in [6, 6.07) is 45.0. The van der Waals surface area contributed by atoms with Gasteiger partial charge < -0.3 is 8.98 Å². The predicted octanol–water partition coefficient (Wildman–Crippen LogP) is 12.3. The summed E-state index contributed by atoms with van der Waals surface area (Å²) in [7, 11) is 0. The summed E-state index contributed by atoms with van der Waals surface area (Å²) >= 11 is 1.79. The van der Waals surface area contributed by atoms with E-state index in [9.17, 15) is 0 Å². The van der Waals surface area contributed by atoms with Gasteiger partial charge >= 0.3 is 0 Å². The number of nitrogens with zero attached hydrogens (tertiary/aromatic N) is 4. The lowest BCUT2D eigenvalue weighted by Crippen LogP contribution is -2.03. The van der Waals surface area contributed by atoms with Crippen molar-refractivity contribution in [2.45, 2.75) is 12.8 Å². The molecule has 0 aliphatic heterocycles. The second-order valence-electron chi connectivity index (χ2n) is 13.1. The molecule has 240 valence electrons. The number of hydrogen-bond acceptors (Lipinski definition) is 5. The molecule has 10 aromatic rings. The van der Waals surface area contributed by atoms with Crippen LogP contribution in [0.3, 0.4) is 0 Å². The summed E-state index contributed by atoms with van der Waals surface area (Å²) < 4.78 is 11.4. The van der Waals surface area contributed by atoms with E-state index in [0.29, 0.717) is 17.5 Å². The smallest absolute Gasteiger partial charge is 0.164 e. The molecule has 0 saturated carbocycles. The molecule has 0 spiro atoms. The number of thiophene rings is 1. The summed E-state index contributed by atoms with van der Waals surface area (Å²) in [6.07, 6.45) is 8.53. The van der Waals surface area contributed by atoms with Crippen LogP contribution in [0, 0.1) is 0 Å². The highest BCUT2D eigenvalue weighted by Crippen LogP contribution is 2.43. The van der Waals surface area contributed by atoms with Crippen LogP contribution in [0.5, 0.6) is 0 Å². The molecule has 0 fully saturated rings. The van der Waals surface area contributed by atoms with Crippen molar-refractivity contribution in [1.82, 2.24) is 19.5 Å². The van der Waals surface area contributed by atoms with Gasteiger partial charge in [-0.15, -0.1) is 11.3 Å². The molecule has 6 heteroatoms. The van der Waals surface area contributed by atoms with Gasteiger partial charge in [0, 0.05) is 59.4 Å². The monoisotopic (exact) mass is 672 g/mol. The Kier molecular flexibility index (Phi) is 6.18. The van der Waals surface area contributed by atoms with Gasteiger partial charge in [-0.2, -0.15) is 0 Å². The quantitative estimate of drug-likeness (QED) is 0.187. The first-order chi connectivity index (χ1) is 25.3. The maximum absolute atomic E-state index is 6.65. The average molecular weight is 673 g/mol. The van der Waals surface area contributed by atoms with Gasteiger partial charge in [-0.25, -0.2) is 15.0 Å². The maximum atomic E-state index is 6.65. The number of rotatable bonds is 4. The number of benzene rings is 6. The third-order valence-corrected chi connectivity index (χ3v) is 11.2. The van der Waals surface area contributed by atoms with E-state index in [4.69, 9.17) is 19.4 Å². The molecule has 0 saturated heterocycles. The van der Waals surface area contributed by atoms with E-state index in [1.165, 1.54) is 37.3 Å². The van der Waals surface area contributed by atoms with Crippen LogP contribution in [-0.4, -0.2) is 19.5 Å². The summed E-state index contributed by atoms with van der Waals surface area (Å²) in [5.41, 5.74) is 8.27. The van der Waals surface area contributed by atoms with E-state index in [1.54, 1.807) is 11.3 Å². The molecular formula is C45H28N4OS. The zero-order valence-corrected chi connectivity index (χ0v) is 28.2. The molecular weight excluding hydrogens is 645 g/mol. The van der Waals surface area contributed by atoms with Crippen LogP contribution < -0.4 is 0 Å². The molecule has 0 N–H and O–H groups in total. The Balaban J connectivity index is 1.06. The number of allylic oxidation sites excluding steroid dienone is 4. The van der Waals surface area contributed by atoms with E-state index < -0.39 is 0 Å². The molecule has 1 aliphatic rings. The van der Waals surface area contributed by atoms with E-state index in [2.05, 4.69) is 120 Å². The van der Waals surface area contributed by atoms with Crippen LogP contribution in [-0.2, 0) is 0 Å². The maximum Gasteiger partial charge on any atom is 0.164 e. The molecule has 6 aromatic carbocycles. The fraction of sp³-hybridized carbons (Fsp3) is 0.0444. The van der Waals surface area contributed by atoms with Gasteiger partial charge in [-0.3, -0.25) is 0 Å². The molecule has 1 aliphatic carbocycles. The number of furan rings is 1. The topological polar surface area (TPSA) is 56.7 Å². The lowest BCUT2D eigenvalue weighted by Gasteiger charge is -2.10. The molecule has 0 unspecified atom stereocenters. The van der Waals surface area contributed by atoms with Gasteiger partial charge in [0.2, 0.25) is 0 Å². The van der Waals surface area contributed by atoms with Crippen LogP contribution in [0.2, 0.25) is 0 Å². The van der Waals surface area contributed by atoms with E-state index >= 15 is 0 Å². The van der Waals surface area contributed by atoms with Crippen LogP contribution in [0.1, 0.15) is 18.7 Å². The molecule has 4 aromatic heterocycles. The van der Waals surface area contributed by atoms with E-state index in [0.717, 1.165) is 61.9 Å². The molecule has 0 radical (unpaired) electrons. The normalized spacial score (nSPS) is 13.4. The number of fused-ring (bicyclic) bond motifs is 10. The number of aromatic nitrogens is 4. The molecule has 11 rings (SSSR count). The Labute approximate surface area is 296 Å². The minimum Gasteiger partial charge on any atom is -0.455 e. The van der Waals surface area contributed by atoms with Crippen molar-refractivity contribution in [3.05, 3.63) is 151 Å². The molecule has 0 amide bonds. The van der Waals surface area contributed by atoms with Crippen LogP contribution >= 0.6 is 11.3 Å². The number of hydrogen-bond donors (Lipinski definition) is 0. The molecule has 0 bridgehead atoms. The first kappa shape index (κ1) is 28.5. The summed E-state index contributed by atoms with van der Waals surface area (Å²) in [5, 5.41) is 7.11. The third-order valence-electron chi connectivity index (χ3n) is 10.1. The highest BCUT2D eigenvalue weighted by Gasteiger charge is 2.19. The van der Waals surface area contributed by atoms with E-state index in [-0.39, 0.29) is 0 Å². The molecule has 0 atom stereocenters. The molecule has 4 heterocycles. The van der Waals surface area contributed by atoms with Crippen molar-refractivity contribution in [2.24, 2.45) is 0 Å². The van der Waals surface area contributed by atoms with Crippen LogP contribution in [0.4, 0.5) is 0 Å². The van der Waals surface area contributed by atoms with Gasteiger partial charge in [-0.05, 0) is 61.4 Å². The Hall–Kier alpha value is -6.37. The van der Waals surface area contributed by atoms with Gasteiger partial charge in [0.1, 0.15) is 5.58 Å². The van der Waals surface area contributed by atoms with Crippen LogP contribution in [0.25, 0.3) is 98.0 Å². The molecule has 5 nitrogen and oxygen atoms in total. The largest absolute Gasteiger partial charge is 0.455 e. The summed E-state index contributed by atoms with van der Waals surface area (Å²) in [5.74, 6) is 2.01. The Morgan fingerprint density at radius 2 is 1.25 bits per heavy atom. The van der Waals surface area contributed by atoms with Crippen molar-refractivity contribution in [3.63, 3.8) is 0 Å². The van der Waals surface area contributed by atoms with Gasteiger partial charge in [-0.1, -0.05) is 97.1 Å². The third kappa shape index (κ3) is 4.43. The van der Waals surface area contributed by atoms with Crippen LogP contribution in [0.15, 0.2) is 150 Å². The molecule has 51 heavy (non-hydrogen) atoms. The average Bonchev–Trinajstić information content (AvgIpc) is 3.87. The minimum atomic E-state index is 0.649. The second-order valence-corrected chi connectivity index (χ2v) is 14.1. The fourth-order valence-electron chi connectivity index (χ4n) is 7.67. The SMILES string of the molecule is C1=CC(c2nc(-c3ccccc3)nc(-c3ccc4oc5c(ccc6c7ccc(-n8c9ccccc9c9ccccc98)cc7sc65)c4c3)n2)=CCC1. The first-order valence-electron chi connectivity index (χ1n) is 17.3. The highest BCUT2D eigenvalue weighted by atomic mass is 32.1.